The second kappa shape index (κ2) is 16.2. The van der Waals surface area contributed by atoms with Gasteiger partial charge in [0.2, 0.25) is 0 Å². The van der Waals surface area contributed by atoms with Gasteiger partial charge in [-0.15, -0.1) is 0 Å². The van der Waals surface area contributed by atoms with Crippen LogP contribution in [-0.2, 0) is 37.4 Å². The van der Waals surface area contributed by atoms with Crippen molar-refractivity contribution in [3.05, 3.63) is 12.2 Å². The van der Waals surface area contributed by atoms with Gasteiger partial charge in [-0.2, -0.15) is 0 Å². The van der Waals surface area contributed by atoms with Crippen molar-refractivity contribution in [3.8, 4) is 0 Å². The Morgan fingerprint density at radius 3 is 1.91 bits per heavy atom. The molecule has 0 aromatic carbocycles. The van der Waals surface area contributed by atoms with Crippen molar-refractivity contribution >= 4 is 34.9 Å². The summed E-state index contributed by atoms with van der Waals surface area (Å²) in [5.41, 5.74) is 1.01. The summed E-state index contributed by atoms with van der Waals surface area (Å²) in [7, 11) is -4.49. The van der Waals surface area contributed by atoms with E-state index < -0.39 is 40.2 Å². The molecule has 0 radical (unpaired) electrons. The van der Waals surface area contributed by atoms with Crippen molar-refractivity contribution in [2.24, 2.45) is 5.92 Å². The summed E-state index contributed by atoms with van der Waals surface area (Å²) in [4.78, 5) is 37.5. The number of esters is 1. The molecular weight excluding hydrogens is 605 g/mol. The van der Waals surface area contributed by atoms with E-state index in [9.17, 15) is 14.4 Å². The molecule has 0 aliphatic carbocycles. The largest absolute Gasteiger partial charge is 0.518 e. The molecule has 2 heterocycles. The topological polar surface area (TPSA) is 97.4 Å². The number of hydrogen-bond acceptors (Lipinski definition) is 8. The number of aldehydes is 1. The maximum Gasteiger partial charge on any atom is 0.302 e. The molecular formula is C35H64O8Si2. The second-order valence-electron chi connectivity index (χ2n) is 15.0. The van der Waals surface area contributed by atoms with Gasteiger partial charge in [-0.05, 0) is 48.1 Å². The molecule has 1 spiro atoms. The minimum absolute atomic E-state index is 0.0540. The molecule has 260 valence electrons. The van der Waals surface area contributed by atoms with E-state index in [1.807, 2.05) is 6.92 Å². The molecule has 10 heteroatoms. The SMILES string of the molecule is C=C(C[C@H]1C[C@](C)(O[Si](CC)(CC)CC)C[C@@]2(C[C@@H](OC(C)=O)C[C@H](CC(=O)O[Si](C(C)C)(C(C)C)C(C)C)O2)O1)[C@@H](C)C=O. The van der Waals surface area contributed by atoms with Crippen molar-refractivity contribution in [1.82, 2.24) is 0 Å². The summed E-state index contributed by atoms with van der Waals surface area (Å²) in [5.74, 6) is -2.08. The quantitative estimate of drug-likeness (QED) is 0.0698. The van der Waals surface area contributed by atoms with Gasteiger partial charge < -0.3 is 27.9 Å². The van der Waals surface area contributed by atoms with Gasteiger partial charge in [0, 0.05) is 38.5 Å². The van der Waals surface area contributed by atoms with E-state index in [-0.39, 0.29) is 47.0 Å². The van der Waals surface area contributed by atoms with Gasteiger partial charge in [0.25, 0.3) is 14.3 Å². The van der Waals surface area contributed by atoms with Gasteiger partial charge in [-0.3, -0.25) is 9.59 Å². The number of ether oxygens (including phenoxy) is 3. The fraction of sp³-hybridized carbons (Fsp3) is 0.857. The van der Waals surface area contributed by atoms with Crippen LogP contribution in [0.25, 0.3) is 0 Å². The lowest BCUT2D eigenvalue weighted by atomic mass is 9.80. The molecule has 6 atom stereocenters. The number of carbonyl (C=O) groups is 3. The highest BCUT2D eigenvalue weighted by Gasteiger charge is 2.56. The summed E-state index contributed by atoms with van der Waals surface area (Å²) < 4.78 is 33.2. The van der Waals surface area contributed by atoms with Gasteiger partial charge in [-0.25, -0.2) is 0 Å². The molecule has 2 aliphatic heterocycles. The molecule has 2 rings (SSSR count). The standard InChI is InChI=1S/C35H64O8Si2/c1-14-44(15-2,16-3)43-34(13)20-32(17-27(10)28(11)22-36)41-35(23-34)21-31(39-29(12)37)18-30(40-35)19-33(38)42-45(24(4)5,25(6)7)26(8)9/h22,24-26,28,30-32H,10,14-21,23H2,1-9,11-13H3/t28-,30+,31-,32-,34-,35+/m0/s1. The second-order valence-corrected chi connectivity index (χ2v) is 25.1. The van der Waals surface area contributed by atoms with Gasteiger partial charge in [0.05, 0.1) is 24.2 Å². The number of rotatable bonds is 16. The van der Waals surface area contributed by atoms with Crippen LogP contribution in [0.3, 0.4) is 0 Å². The van der Waals surface area contributed by atoms with Gasteiger partial charge in [-0.1, -0.05) is 81.4 Å². The minimum Gasteiger partial charge on any atom is -0.518 e. The molecule has 8 nitrogen and oxygen atoms in total. The van der Waals surface area contributed by atoms with Gasteiger partial charge >= 0.3 is 5.97 Å². The molecule has 2 aliphatic rings. The van der Waals surface area contributed by atoms with Crippen LogP contribution in [0.5, 0.6) is 0 Å². The van der Waals surface area contributed by atoms with Crippen LogP contribution in [0.15, 0.2) is 12.2 Å². The third-order valence-corrected chi connectivity index (χ3v) is 21.4. The highest BCUT2D eigenvalue weighted by Crippen LogP contribution is 2.49. The Hall–Kier alpha value is -1.34. The van der Waals surface area contributed by atoms with E-state index in [0.717, 1.165) is 30.0 Å². The Bertz CT molecular complexity index is 995. The fourth-order valence-corrected chi connectivity index (χ4v) is 16.6. The first kappa shape index (κ1) is 39.8. The molecule has 2 fully saturated rings. The molecule has 0 aromatic heterocycles. The van der Waals surface area contributed by atoms with Crippen LogP contribution in [0.4, 0.5) is 0 Å². The normalized spacial score (nSPS) is 28.4. The predicted octanol–water partition coefficient (Wildman–Crippen LogP) is 8.64. The van der Waals surface area contributed by atoms with E-state index in [2.05, 4.69) is 75.8 Å². The molecule has 0 unspecified atom stereocenters. The van der Waals surface area contributed by atoms with Crippen molar-refractivity contribution in [2.45, 2.75) is 186 Å². The average molecular weight is 669 g/mol. The van der Waals surface area contributed by atoms with E-state index in [4.69, 9.17) is 23.1 Å². The van der Waals surface area contributed by atoms with Gasteiger partial charge in [0.1, 0.15) is 12.4 Å². The molecule has 0 aromatic rings. The summed E-state index contributed by atoms with van der Waals surface area (Å²) in [5, 5.41) is 0. The molecule has 0 saturated carbocycles. The summed E-state index contributed by atoms with van der Waals surface area (Å²) >= 11 is 0. The monoisotopic (exact) mass is 668 g/mol. The van der Waals surface area contributed by atoms with Crippen LogP contribution < -0.4 is 0 Å². The Morgan fingerprint density at radius 1 is 0.911 bits per heavy atom. The summed E-state index contributed by atoms with van der Waals surface area (Å²) in [6.07, 6.45) is 1.89. The highest BCUT2D eigenvalue weighted by molar-refractivity contribution is 6.78. The van der Waals surface area contributed by atoms with Crippen LogP contribution in [0.2, 0.25) is 34.8 Å². The molecule has 0 amide bonds. The zero-order valence-corrected chi connectivity index (χ0v) is 32.5. The highest BCUT2D eigenvalue weighted by atomic mass is 28.4. The fourth-order valence-electron chi connectivity index (χ4n) is 8.31. The average Bonchev–Trinajstić information content (AvgIpc) is 2.92. The van der Waals surface area contributed by atoms with Crippen molar-refractivity contribution in [1.29, 1.82) is 0 Å². The molecule has 2 saturated heterocycles. The predicted molar refractivity (Wildman–Crippen MR) is 184 cm³/mol. The van der Waals surface area contributed by atoms with Gasteiger partial charge in [0.15, 0.2) is 14.1 Å². The van der Waals surface area contributed by atoms with E-state index >= 15 is 0 Å². The van der Waals surface area contributed by atoms with Crippen molar-refractivity contribution in [3.63, 3.8) is 0 Å². The lowest BCUT2D eigenvalue weighted by Gasteiger charge is -2.55. The summed E-state index contributed by atoms with van der Waals surface area (Å²) in [6, 6.07) is 3.00. The molecule has 45 heavy (non-hydrogen) atoms. The maximum absolute atomic E-state index is 13.7. The molecule has 0 N–H and O–H groups in total. The third kappa shape index (κ3) is 9.84. The van der Waals surface area contributed by atoms with Crippen LogP contribution >= 0.6 is 0 Å². The first-order valence-electron chi connectivity index (χ1n) is 17.4. The zero-order valence-electron chi connectivity index (χ0n) is 30.5. The minimum atomic E-state index is -2.45. The van der Waals surface area contributed by atoms with Crippen molar-refractivity contribution < 1.29 is 37.4 Å². The Morgan fingerprint density at radius 2 is 1.44 bits per heavy atom. The smallest absolute Gasteiger partial charge is 0.302 e. The van der Waals surface area contributed by atoms with E-state index in [0.29, 0.717) is 32.1 Å². The van der Waals surface area contributed by atoms with Crippen molar-refractivity contribution in [2.75, 3.05) is 0 Å². The van der Waals surface area contributed by atoms with Crippen LogP contribution in [0.1, 0.15) is 122 Å². The van der Waals surface area contributed by atoms with E-state index in [1.54, 1.807) is 0 Å². The zero-order chi connectivity index (χ0) is 34.4. The maximum atomic E-state index is 13.7. The van der Waals surface area contributed by atoms with Crippen LogP contribution in [0, 0.1) is 5.92 Å². The Kier molecular flexibility index (Phi) is 14.3. The molecule has 0 bridgehead atoms. The lowest BCUT2D eigenvalue weighted by Crippen LogP contribution is -2.61. The Labute approximate surface area is 276 Å². The first-order valence-corrected chi connectivity index (χ1v) is 22.1. The summed E-state index contributed by atoms with van der Waals surface area (Å²) in [6.45, 7) is 29.2. The first-order chi connectivity index (χ1) is 20.8. The number of hydrogen-bond donors (Lipinski definition) is 0. The third-order valence-electron chi connectivity index (χ3n) is 10.6. The Balaban J connectivity index is 2.50. The van der Waals surface area contributed by atoms with E-state index in [1.165, 1.54) is 6.92 Å². The van der Waals surface area contributed by atoms with Crippen LogP contribution in [-0.4, -0.2) is 64.6 Å². The number of carbonyl (C=O) groups excluding carboxylic acids is 3. The lowest BCUT2D eigenvalue weighted by molar-refractivity contribution is -0.347.